The van der Waals surface area contributed by atoms with Crippen molar-refractivity contribution in [3.05, 3.63) is 42.0 Å². The Morgan fingerprint density at radius 2 is 2.24 bits per heavy atom. The standard InChI is InChI=1S/C18H24N4O3/c1-18(2)11-13-5-4-6-14(16(13)25-18)24-10-8-20-17(23)21-12-15-19-7-9-22(15)3/h4-7,9H,8,10-12H2,1-3H3,(H2,20,21,23). The normalized spacial score (nSPS) is 14.5. The maximum absolute atomic E-state index is 11.8. The summed E-state index contributed by atoms with van der Waals surface area (Å²) < 4.78 is 13.6. The molecule has 0 saturated carbocycles. The molecule has 7 nitrogen and oxygen atoms in total. The monoisotopic (exact) mass is 344 g/mol. The number of imidazole rings is 1. The van der Waals surface area contributed by atoms with Gasteiger partial charge in [0.1, 0.15) is 18.0 Å². The average molecular weight is 344 g/mol. The van der Waals surface area contributed by atoms with Crippen LogP contribution in [0.25, 0.3) is 0 Å². The van der Waals surface area contributed by atoms with E-state index in [9.17, 15) is 4.79 Å². The van der Waals surface area contributed by atoms with Crippen LogP contribution in [0.15, 0.2) is 30.6 Å². The number of hydrogen-bond acceptors (Lipinski definition) is 4. The maximum Gasteiger partial charge on any atom is 0.315 e. The Morgan fingerprint density at radius 1 is 1.40 bits per heavy atom. The van der Waals surface area contributed by atoms with Gasteiger partial charge in [0.25, 0.3) is 0 Å². The van der Waals surface area contributed by atoms with Crippen LogP contribution in [0.2, 0.25) is 0 Å². The van der Waals surface area contributed by atoms with E-state index in [1.54, 1.807) is 6.20 Å². The molecule has 25 heavy (non-hydrogen) atoms. The number of fused-ring (bicyclic) bond motifs is 1. The maximum atomic E-state index is 11.8. The Hall–Kier alpha value is -2.70. The van der Waals surface area contributed by atoms with Crippen LogP contribution in [0.1, 0.15) is 25.2 Å². The molecule has 2 heterocycles. The van der Waals surface area contributed by atoms with E-state index in [2.05, 4.69) is 35.5 Å². The van der Waals surface area contributed by atoms with E-state index in [1.807, 2.05) is 29.9 Å². The number of para-hydroxylation sites is 1. The summed E-state index contributed by atoms with van der Waals surface area (Å²) in [5.41, 5.74) is 0.952. The molecule has 0 aliphatic carbocycles. The Bertz CT molecular complexity index is 755. The lowest BCUT2D eigenvalue weighted by molar-refractivity contribution is 0.132. The molecule has 1 aromatic carbocycles. The topological polar surface area (TPSA) is 77.4 Å². The number of aryl methyl sites for hydroxylation is 1. The molecule has 134 valence electrons. The number of benzene rings is 1. The minimum atomic E-state index is -0.248. The quantitative estimate of drug-likeness (QED) is 0.786. The second-order valence-corrected chi connectivity index (χ2v) is 6.70. The molecule has 0 spiro atoms. The number of carbonyl (C=O) groups excluding carboxylic acids is 1. The summed E-state index contributed by atoms with van der Waals surface area (Å²) in [7, 11) is 1.89. The third-order valence-corrected chi connectivity index (χ3v) is 4.03. The molecule has 1 aliphatic heterocycles. The second kappa shape index (κ2) is 7.04. The smallest absolute Gasteiger partial charge is 0.315 e. The fourth-order valence-electron chi connectivity index (χ4n) is 2.82. The highest BCUT2D eigenvalue weighted by Gasteiger charge is 2.32. The van der Waals surface area contributed by atoms with Crippen molar-refractivity contribution in [1.82, 2.24) is 20.2 Å². The van der Waals surface area contributed by atoms with Gasteiger partial charge in [0.2, 0.25) is 0 Å². The Balaban J connectivity index is 1.42. The summed E-state index contributed by atoms with van der Waals surface area (Å²) >= 11 is 0. The first-order valence-electron chi connectivity index (χ1n) is 8.36. The highest BCUT2D eigenvalue weighted by atomic mass is 16.5. The molecule has 0 radical (unpaired) electrons. The number of rotatable bonds is 6. The molecular weight excluding hydrogens is 320 g/mol. The van der Waals surface area contributed by atoms with E-state index < -0.39 is 0 Å². The highest BCUT2D eigenvalue weighted by molar-refractivity contribution is 5.73. The lowest BCUT2D eigenvalue weighted by atomic mass is 10.0. The third kappa shape index (κ3) is 4.23. The number of hydrogen-bond donors (Lipinski definition) is 2. The fraction of sp³-hybridized carbons (Fsp3) is 0.444. The molecule has 0 atom stereocenters. The van der Waals surface area contributed by atoms with Gasteiger partial charge in [-0.05, 0) is 19.9 Å². The van der Waals surface area contributed by atoms with Crippen molar-refractivity contribution in [3.63, 3.8) is 0 Å². The van der Waals surface area contributed by atoms with Crippen LogP contribution in [0.3, 0.4) is 0 Å². The molecule has 1 aliphatic rings. The SMILES string of the molecule is Cn1ccnc1CNC(=O)NCCOc1cccc2c1OC(C)(C)C2. The second-order valence-electron chi connectivity index (χ2n) is 6.70. The van der Waals surface area contributed by atoms with Gasteiger partial charge in [0.05, 0.1) is 13.1 Å². The zero-order valence-electron chi connectivity index (χ0n) is 14.8. The van der Waals surface area contributed by atoms with Crippen LogP contribution < -0.4 is 20.1 Å². The van der Waals surface area contributed by atoms with Crippen molar-refractivity contribution in [2.24, 2.45) is 7.05 Å². The Kier molecular flexibility index (Phi) is 4.83. The molecule has 0 saturated heterocycles. The minimum Gasteiger partial charge on any atom is -0.488 e. The van der Waals surface area contributed by atoms with Crippen molar-refractivity contribution in [1.29, 1.82) is 0 Å². The van der Waals surface area contributed by atoms with Gasteiger partial charge in [0, 0.05) is 31.4 Å². The van der Waals surface area contributed by atoms with Gasteiger partial charge in [-0.2, -0.15) is 0 Å². The van der Waals surface area contributed by atoms with Crippen LogP contribution in [0, 0.1) is 0 Å². The molecular formula is C18H24N4O3. The van der Waals surface area contributed by atoms with Crippen LogP contribution in [0.5, 0.6) is 11.5 Å². The van der Waals surface area contributed by atoms with E-state index in [0.29, 0.717) is 19.7 Å². The lowest BCUT2D eigenvalue weighted by Crippen LogP contribution is -2.37. The molecule has 3 rings (SSSR count). The van der Waals surface area contributed by atoms with Gasteiger partial charge in [0.15, 0.2) is 11.5 Å². The zero-order chi connectivity index (χ0) is 17.9. The van der Waals surface area contributed by atoms with Gasteiger partial charge in [-0.1, -0.05) is 12.1 Å². The minimum absolute atomic E-state index is 0.203. The first-order valence-corrected chi connectivity index (χ1v) is 8.36. The van der Waals surface area contributed by atoms with E-state index in [-0.39, 0.29) is 11.6 Å². The van der Waals surface area contributed by atoms with E-state index in [0.717, 1.165) is 29.3 Å². The summed E-state index contributed by atoms with van der Waals surface area (Å²) in [4.78, 5) is 15.9. The number of ether oxygens (including phenoxy) is 2. The number of aromatic nitrogens is 2. The molecule has 0 fully saturated rings. The van der Waals surface area contributed by atoms with Crippen molar-refractivity contribution in [2.45, 2.75) is 32.4 Å². The summed E-state index contributed by atoms with van der Waals surface area (Å²) in [5.74, 6) is 2.33. The summed E-state index contributed by atoms with van der Waals surface area (Å²) in [6, 6.07) is 5.66. The predicted molar refractivity (Wildman–Crippen MR) is 93.8 cm³/mol. The fourth-order valence-corrected chi connectivity index (χ4v) is 2.82. The predicted octanol–water partition coefficient (Wildman–Crippen LogP) is 2.01. The Labute approximate surface area is 147 Å². The van der Waals surface area contributed by atoms with Crippen molar-refractivity contribution >= 4 is 6.03 Å². The molecule has 2 amide bonds. The average Bonchev–Trinajstić information content (AvgIpc) is 3.11. The van der Waals surface area contributed by atoms with Crippen molar-refractivity contribution in [2.75, 3.05) is 13.2 Å². The molecule has 2 aromatic rings. The van der Waals surface area contributed by atoms with Gasteiger partial charge in [-0.3, -0.25) is 0 Å². The molecule has 7 heteroatoms. The molecule has 0 unspecified atom stereocenters. The van der Waals surface area contributed by atoms with Gasteiger partial charge < -0.3 is 24.7 Å². The highest BCUT2D eigenvalue weighted by Crippen LogP contribution is 2.41. The number of nitrogens with zero attached hydrogens (tertiary/aromatic N) is 2. The molecule has 1 aromatic heterocycles. The first kappa shape index (κ1) is 17.1. The van der Waals surface area contributed by atoms with Crippen molar-refractivity contribution in [3.8, 4) is 11.5 Å². The lowest BCUT2D eigenvalue weighted by Gasteiger charge is -2.18. The first-order chi connectivity index (χ1) is 11.9. The molecule has 0 bridgehead atoms. The summed E-state index contributed by atoms with van der Waals surface area (Å²) in [6.07, 6.45) is 4.40. The third-order valence-electron chi connectivity index (χ3n) is 4.03. The number of carbonyl (C=O) groups is 1. The van der Waals surface area contributed by atoms with Crippen LogP contribution in [-0.2, 0) is 20.0 Å². The summed E-state index contributed by atoms with van der Waals surface area (Å²) in [6.45, 7) is 5.27. The van der Waals surface area contributed by atoms with Crippen LogP contribution in [0.4, 0.5) is 4.79 Å². The van der Waals surface area contributed by atoms with Crippen LogP contribution >= 0.6 is 0 Å². The zero-order valence-corrected chi connectivity index (χ0v) is 14.8. The molecule has 2 N–H and O–H groups in total. The van der Waals surface area contributed by atoms with E-state index in [4.69, 9.17) is 9.47 Å². The van der Waals surface area contributed by atoms with Crippen molar-refractivity contribution < 1.29 is 14.3 Å². The number of amides is 2. The Morgan fingerprint density at radius 3 is 3.00 bits per heavy atom. The van der Waals surface area contributed by atoms with E-state index >= 15 is 0 Å². The van der Waals surface area contributed by atoms with Crippen LogP contribution in [-0.4, -0.2) is 34.3 Å². The number of urea groups is 1. The van der Waals surface area contributed by atoms with Gasteiger partial charge in [-0.25, -0.2) is 9.78 Å². The summed E-state index contributed by atoms with van der Waals surface area (Å²) in [5, 5.41) is 5.53. The van der Waals surface area contributed by atoms with Gasteiger partial charge in [-0.15, -0.1) is 0 Å². The van der Waals surface area contributed by atoms with E-state index in [1.165, 1.54) is 0 Å². The van der Waals surface area contributed by atoms with Gasteiger partial charge >= 0.3 is 6.03 Å². The number of nitrogens with one attached hydrogen (secondary N) is 2. The largest absolute Gasteiger partial charge is 0.488 e.